The number of methoxy groups -OCH3 is 1. The molecular weight excluding hydrogens is 477 g/mol. The molecule has 4 N–H and O–H groups in total. The van der Waals surface area contributed by atoms with E-state index in [4.69, 9.17) is 20.6 Å². The van der Waals surface area contributed by atoms with E-state index in [9.17, 15) is 18.8 Å². The van der Waals surface area contributed by atoms with Gasteiger partial charge in [0, 0.05) is 31.1 Å². The Kier molecular flexibility index (Phi) is 8.05. The number of esters is 2. The molecule has 0 aliphatic carbocycles. The Morgan fingerprint density at radius 2 is 2.00 bits per heavy atom. The first-order valence-corrected chi connectivity index (χ1v) is 11.8. The van der Waals surface area contributed by atoms with Crippen molar-refractivity contribution in [2.45, 2.75) is 26.7 Å². The lowest BCUT2D eigenvalue weighted by Crippen LogP contribution is -2.45. The third-order valence-electron chi connectivity index (χ3n) is 5.72. The Hall–Kier alpha value is -3.54. The van der Waals surface area contributed by atoms with Crippen LogP contribution in [-0.4, -0.2) is 55.4 Å². The number of nitrogens with one attached hydrogen (secondary N) is 2. The summed E-state index contributed by atoms with van der Waals surface area (Å²) in [6.45, 7) is 4.75. The molecule has 0 saturated carbocycles. The van der Waals surface area contributed by atoms with E-state index in [2.05, 4.69) is 10.3 Å². The molecule has 1 aromatic heterocycles. The molecule has 1 aliphatic rings. The zero-order valence-electron chi connectivity index (χ0n) is 19.7. The predicted molar refractivity (Wildman–Crippen MR) is 128 cm³/mol. The van der Waals surface area contributed by atoms with E-state index in [-0.39, 0.29) is 46.4 Å². The monoisotopic (exact) mass is 505 g/mol. The van der Waals surface area contributed by atoms with Gasteiger partial charge in [-0.15, -0.1) is 0 Å². The molecule has 1 fully saturated rings. The van der Waals surface area contributed by atoms with Crippen LogP contribution < -0.4 is 20.7 Å². The molecule has 1 aliphatic heterocycles. The lowest BCUT2D eigenvalue weighted by Gasteiger charge is -2.31. The van der Waals surface area contributed by atoms with Gasteiger partial charge < -0.3 is 25.4 Å². The fraction of sp³-hybridized carbons (Fsp3) is 0.435. The maximum absolute atomic E-state index is 14.2. The Balaban J connectivity index is 1.53. The van der Waals surface area contributed by atoms with Crippen molar-refractivity contribution in [3.05, 3.63) is 40.7 Å². The van der Waals surface area contributed by atoms with Crippen LogP contribution in [0.2, 0.25) is 0 Å². The topological polar surface area (TPSA) is 148 Å². The van der Waals surface area contributed by atoms with Crippen molar-refractivity contribution < 1.29 is 28.2 Å². The molecule has 3 rings (SSSR count). The van der Waals surface area contributed by atoms with E-state index in [0.717, 1.165) is 17.4 Å². The summed E-state index contributed by atoms with van der Waals surface area (Å²) >= 11 is 1.12. The highest BCUT2D eigenvalue weighted by atomic mass is 32.1. The number of amides is 1. The number of hydrogen-bond acceptors (Lipinski definition) is 9. The van der Waals surface area contributed by atoms with Crippen molar-refractivity contribution >= 4 is 40.1 Å². The summed E-state index contributed by atoms with van der Waals surface area (Å²) in [5.41, 5.74) is 4.71. The van der Waals surface area contributed by atoms with Gasteiger partial charge in [-0.1, -0.05) is 11.3 Å². The number of aromatic nitrogens is 1. The number of carbonyl (C=O) groups excluding carboxylic acids is 3. The van der Waals surface area contributed by atoms with E-state index in [1.807, 2.05) is 4.90 Å². The fourth-order valence-electron chi connectivity index (χ4n) is 3.54. The summed E-state index contributed by atoms with van der Waals surface area (Å²) in [5, 5.41) is 10.8. The average Bonchev–Trinajstić information content (AvgIpc) is 3.33. The van der Waals surface area contributed by atoms with Crippen molar-refractivity contribution in [1.82, 2.24) is 10.3 Å². The van der Waals surface area contributed by atoms with E-state index < -0.39 is 17.2 Å². The third-order valence-corrected chi connectivity index (χ3v) is 6.76. The number of thiazole rings is 1. The second kappa shape index (κ2) is 10.8. The highest BCUT2D eigenvalue weighted by Gasteiger charge is 2.32. The molecular formula is C23H28FN5O5S. The lowest BCUT2D eigenvalue weighted by atomic mass is 9.92. The number of anilines is 1. The number of nitrogen functional groups attached to an aromatic ring is 1. The molecule has 0 bridgehead atoms. The van der Waals surface area contributed by atoms with Crippen molar-refractivity contribution in [1.29, 1.82) is 5.41 Å². The molecule has 2 heterocycles. The van der Waals surface area contributed by atoms with Crippen LogP contribution in [0.25, 0.3) is 0 Å². The maximum Gasteiger partial charge on any atom is 0.355 e. The Morgan fingerprint density at radius 3 is 2.60 bits per heavy atom. The van der Waals surface area contributed by atoms with Crippen molar-refractivity contribution in [2.24, 2.45) is 17.1 Å². The van der Waals surface area contributed by atoms with E-state index in [0.29, 0.717) is 31.1 Å². The number of nitrogens with zero attached hydrogens (tertiary/aromatic N) is 2. The fourth-order valence-corrected chi connectivity index (χ4v) is 4.38. The van der Waals surface area contributed by atoms with E-state index >= 15 is 0 Å². The Bertz CT molecular complexity index is 1130. The largest absolute Gasteiger partial charge is 0.469 e. The first-order chi connectivity index (χ1) is 16.5. The van der Waals surface area contributed by atoms with Gasteiger partial charge in [-0.2, -0.15) is 0 Å². The SMILES string of the molecule is COC(=O)C(C)(C)CNC(=O)C1CCN(c2ncc(C(=O)Oc3ccc(C(=N)N)cc3F)s2)CC1. The predicted octanol–water partition coefficient (Wildman–Crippen LogP) is 2.32. The van der Waals surface area contributed by atoms with Crippen LogP contribution >= 0.6 is 11.3 Å². The summed E-state index contributed by atoms with van der Waals surface area (Å²) < 4.78 is 24.1. The summed E-state index contributed by atoms with van der Waals surface area (Å²) in [7, 11) is 1.32. The lowest BCUT2D eigenvalue weighted by molar-refractivity contribution is -0.150. The van der Waals surface area contributed by atoms with Crippen molar-refractivity contribution in [3.63, 3.8) is 0 Å². The number of hydrogen-bond donors (Lipinski definition) is 3. The first kappa shape index (κ1) is 26.1. The van der Waals surface area contributed by atoms with Crippen LogP contribution in [0, 0.1) is 22.6 Å². The molecule has 0 spiro atoms. The molecule has 10 nitrogen and oxygen atoms in total. The molecule has 12 heteroatoms. The number of ether oxygens (including phenoxy) is 2. The Morgan fingerprint density at radius 1 is 1.31 bits per heavy atom. The van der Waals surface area contributed by atoms with Gasteiger partial charge in [0.15, 0.2) is 16.7 Å². The van der Waals surface area contributed by atoms with Crippen LogP contribution in [0.5, 0.6) is 5.75 Å². The minimum absolute atomic E-state index is 0.108. The minimum Gasteiger partial charge on any atom is -0.469 e. The summed E-state index contributed by atoms with van der Waals surface area (Å²) in [4.78, 5) is 43.3. The van der Waals surface area contributed by atoms with Crippen LogP contribution in [0.1, 0.15) is 41.9 Å². The van der Waals surface area contributed by atoms with Crippen LogP contribution in [0.4, 0.5) is 9.52 Å². The number of benzene rings is 1. The second-order valence-corrected chi connectivity index (χ2v) is 9.82. The minimum atomic E-state index is -0.810. The summed E-state index contributed by atoms with van der Waals surface area (Å²) in [6.07, 6.45) is 2.56. The van der Waals surface area contributed by atoms with Gasteiger partial charge in [0.1, 0.15) is 10.7 Å². The van der Waals surface area contributed by atoms with Gasteiger partial charge in [0.2, 0.25) is 5.91 Å². The molecule has 0 atom stereocenters. The van der Waals surface area contributed by atoms with Crippen molar-refractivity contribution in [3.8, 4) is 5.75 Å². The van der Waals surface area contributed by atoms with Gasteiger partial charge in [-0.3, -0.25) is 15.0 Å². The second-order valence-electron chi connectivity index (χ2n) is 8.81. The normalized spacial score (nSPS) is 14.3. The molecule has 1 saturated heterocycles. The van der Waals surface area contributed by atoms with Gasteiger partial charge in [-0.05, 0) is 44.9 Å². The quantitative estimate of drug-likeness (QED) is 0.214. The number of halogens is 1. The molecule has 35 heavy (non-hydrogen) atoms. The van der Waals surface area contributed by atoms with Gasteiger partial charge in [-0.25, -0.2) is 14.2 Å². The van der Waals surface area contributed by atoms with Crippen LogP contribution in [0.3, 0.4) is 0 Å². The number of carbonyl (C=O) groups is 3. The summed E-state index contributed by atoms with van der Waals surface area (Å²) in [6, 6.07) is 3.66. The zero-order valence-corrected chi connectivity index (χ0v) is 20.5. The molecule has 0 radical (unpaired) electrons. The zero-order chi connectivity index (χ0) is 25.8. The molecule has 1 aromatic carbocycles. The molecule has 2 aromatic rings. The number of rotatable bonds is 8. The third kappa shape index (κ3) is 6.32. The van der Waals surface area contributed by atoms with E-state index in [1.54, 1.807) is 13.8 Å². The molecule has 0 unspecified atom stereocenters. The van der Waals surface area contributed by atoms with E-state index in [1.165, 1.54) is 25.4 Å². The standard InChI is InChI=1S/C23H28FN5O5S/c1-23(2,21(32)33-3)12-28-19(30)13-6-8-29(9-7-13)22-27-11-17(35-22)20(31)34-16-5-4-14(18(25)26)10-15(16)24/h4-5,10-11,13H,6-9,12H2,1-3H3,(H3,25,26)(H,28,30). The van der Waals surface area contributed by atoms with Crippen LogP contribution in [-0.2, 0) is 14.3 Å². The Labute approximate surface area is 206 Å². The first-order valence-electron chi connectivity index (χ1n) is 10.9. The average molecular weight is 506 g/mol. The maximum atomic E-state index is 14.2. The van der Waals surface area contributed by atoms with Gasteiger partial charge in [0.25, 0.3) is 0 Å². The van der Waals surface area contributed by atoms with Crippen molar-refractivity contribution in [2.75, 3.05) is 31.6 Å². The highest BCUT2D eigenvalue weighted by Crippen LogP contribution is 2.29. The van der Waals surface area contributed by atoms with Gasteiger partial charge >= 0.3 is 11.9 Å². The van der Waals surface area contributed by atoms with Crippen LogP contribution in [0.15, 0.2) is 24.4 Å². The molecule has 188 valence electrons. The smallest absolute Gasteiger partial charge is 0.355 e. The number of piperidine rings is 1. The number of amidine groups is 1. The summed E-state index contributed by atoms with van der Waals surface area (Å²) in [5.74, 6) is -2.79. The molecule has 1 amide bonds. The number of nitrogens with two attached hydrogens (primary N) is 1. The highest BCUT2D eigenvalue weighted by molar-refractivity contribution is 7.17. The van der Waals surface area contributed by atoms with Gasteiger partial charge in [0.05, 0.1) is 18.7 Å².